The van der Waals surface area contributed by atoms with E-state index >= 15 is 0 Å². The van der Waals surface area contributed by atoms with Crippen molar-refractivity contribution in [2.24, 2.45) is 0 Å². The van der Waals surface area contributed by atoms with Crippen molar-refractivity contribution in [3.8, 4) is 0 Å². The highest BCUT2D eigenvalue weighted by atomic mass is 32.2. The molecule has 1 unspecified atom stereocenters. The van der Waals surface area contributed by atoms with E-state index in [1.807, 2.05) is 68.4 Å². The number of rotatable bonds is 7. The van der Waals surface area contributed by atoms with Gasteiger partial charge in [0, 0.05) is 16.7 Å². The van der Waals surface area contributed by atoms with Crippen LogP contribution in [0.25, 0.3) is 6.08 Å². The summed E-state index contributed by atoms with van der Waals surface area (Å²) < 4.78 is 0. The third-order valence-corrected chi connectivity index (χ3v) is 5.65. The van der Waals surface area contributed by atoms with E-state index in [1.165, 1.54) is 29.2 Å². The second kappa shape index (κ2) is 9.99. The van der Waals surface area contributed by atoms with Gasteiger partial charge in [-0.15, -0.1) is 22.0 Å². The molecule has 0 saturated heterocycles. The lowest BCUT2D eigenvalue weighted by Crippen LogP contribution is -2.22. The Kier molecular flexibility index (Phi) is 7.15. The van der Waals surface area contributed by atoms with Crippen LogP contribution in [-0.4, -0.2) is 27.3 Å². The molecule has 0 aliphatic heterocycles. The Morgan fingerprint density at radius 2 is 1.76 bits per heavy atom. The van der Waals surface area contributed by atoms with E-state index < -0.39 is 0 Å². The molecule has 2 amide bonds. The van der Waals surface area contributed by atoms with Gasteiger partial charge in [-0.1, -0.05) is 41.7 Å². The Morgan fingerprint density at radius 3 is 2.41 bits per heavy atom. The Hall–Kier alpha value is -2.97. The first-order valence-corrected chi connectivity index (χ1v) is 10.6. The van der Waals surface area contributed by atoms with E-state index in [0.717, 1.165) is 15.5 Å². The fourth-order valence-electron chi connectivity index (χ4n) is 2.35. The normalized spacial score (nSPS) is 11.9. The Bertz CT molecular complexity index is 1000. The average Bonchev–Trinajstić information content (AvgIpc) is 3.13. The van der Waals surface area contributed by atoms with Crippen molar-refractivity contribution >= 4 is 51.8 Å². The van der Waals surface area contributed by atoms with Gasteiger partial charge in [0.15, 0.2) is 0 Å². The van der Waals surface area contributed by atoms with Crippen molar-refractivity contribution in [2.75, 3.05) is 10.6 Å². The molecule has 0 fully saturated rings. The highest BCUT2D eigenvalue weighted by Gasteiger charge is 2.16. The lowest BCUT2D eigenvalue weighted by Gasteiger charge is -2.11. The third-order valence-electron chi connectivity index (χ3n) is 3.79. The van der Waals surface area contributed by atoms with Crippen LogP contribution in [0.2, 0.25) is 0 Å². The maximum Gasteiger partial charge on any atom is 0.248 e. The fraction of sp³-hybridized carbons (Fsp3) is 0.143. The van der Waals surface area contributed by atoms with Crippen molar-refractivity contribution in [3.63, 3.8) is 0 Å². The van der Waals surface area contributed by atoms with Crippen LogP contribution >= 0.6 is 23.1 Å². The molecule has 29 heavy (non-hydrogen) atoms. The SMILES string of the molecule is Cc1nnc(NC(=O)C(C)Sc2ccc(NC(=O)/C=C/c3ccccc3)cc2)s1. The molecule has 1 aromatic heterocycles. The first kappa shape index (κ1) is 20.8. The molecule has 8 heteroatoms. The molecular weight excluding hydrogens is 404 g/mol. The number of aromatic nitrogens is 2. The van der Waals surface area contributed by atoms with Gasteiger partial charge in [-0.25, -0.2) is 0 Å². The summed E-state index contributed by atoms with van der Waals surface area (Å²) in [6.45, 7) is 3.67. The van der Waals surface area contributed by atoms with E-state index in [2.05, 4.69) is 20.8 Å². The van der Waals surface area contributed by atoms with Gasteiger partial charge >= 0.3 is 0 Å². The number of hydrogen-bond donors (Lipinski definition) is 2. The van der Waals surface area contributed by atoms with Crippen LogP contribution in [0.4, 0.5) is 10.8 Å². The lowest BCUT2D eigenvalue weighted by atomic mass is 10.2. The van der Waals surface area contributed by atoms with Crippen LogP contribution in [-0.2, 0) is 9.59 Å². The summed E-state index contributed by atoms with van der Waals surface area (Å²) in [7, 11) is 0. The molecule has 3 aromatic rings. The molecule has 0 radical (unpaired) electrons. The number of benzene rings is 2. The minimum Gasteiger partial charge on any atom is -0.323 e. The number of carbonyl (C=O) groups excluding carboxylic acids is 2. The van der Waals surface area contributed by atoms with Gasteiger partial charge in [0.1, 0.15) is 5.01 Å². The monoisotopic (exact) mass is 424 g/mol. The number of aryl methyl sites for hydroxylation is 1. The molecule has 0 spiro atoms. The summed E-state index contributed by atoms with van der Waals surface area (Å²) in [5.41, 5.74) is 1.66. The van der Waals surface area contributed by atoms with Crippen molar-refractivity contribution in [3.05, 3.63) is 71.2 Å². The summed E-state index contributed by atoms with van der Waals surface area (Å²) in [5, 5.41) is 14.4. The van der Waals surface area contributed by atoms with Gasteiger partial charge in [-0.3, -0.25) is 14.9 Å². The second-order valence-corrected chi connectivity index (χ2v) is 8.73. The van der Waals surface area contributed by atoms with E-state index in [-0.39, 0.29) is 17.1 Å². The molecule has 3 rings (SSSR count). The minimum atomic E-state index is -0.298. The number of nitrogens with one attached hydrogen (secondary N) is 2. The number of nitrogens with zero attached hydrogens (tertiary/aromatic N) is 2. The summed E-state index contributed by atoms with van der Waals surface area (Å²) >= 11 is 2.77. The number of anilines is 2. The molecule has 0 aliphatic carbocycles. The highest BCUT2D eigenvalue weighted by molar-refractivity contribution is 8.00. The van der Waals surface area contributed by atoms with Crippen LogP contribution in [0, 0.1) is 6.92 Å². The van der Waals surface area contributed by atoms with Crippen molar-refractivity contribution in [1.29, 1.82) is 0 Å². The largest absolute Gasteiger partial charge is 0.323 e. The molecule has 0 bridgehead atoms. The first-order valence-electron chi connectivity index (χ1n) is 8.91. The highest BCUT2D eigenvalue weighted by Crippen LogP contribution is 2.26. The van der Waals surface area contributed by atoms with Crippen molar-refractivity contribution in [1.82, 2.24) is 10.2 Å². The van der Waals surface area contributed by atoms with Gasteiger partial charge in [0.25, 0.3) is 0 Å². The van der Waals surface area contributed by atoms with Crippen LogP contribution < -0.4 is 10.6 Å². The summed E-state index contributed by atoms with van der Waals surface area (Å²) in [6.07, 6.45) is 3.26. The number of thioether (sulfide) groups is 1. The van der Waals surface area contributed by atoms with Crippen LogP contribution in [0.5, 0.6) is 0 Å². The molecule has 0 saturated carbocycles. The maximum absolute atomic E-state index is 12.3. The molecular formula is C21H20N4O2S2. The molecule has 2 aromatic carbocycles. The van der Waals surface area contributed by atoms with E-state index in [9.17, 15) is 9.59 Å². The summed E-state index contributed by atoms with van der Waals surface area (Å²) in [6, 6.07) is 17.0. The van der Waals surface area contributed by atoms with Gasteiger partial charge < -0.3 is 5.32 Å². The number of carbonyl (C=O) groups is 2. The molecule has 1 atom stereocenters. The van der Waals surface area contributed by atoms with Crippen molar-refractivity contribution in [2.45, 2.75) is 24.0 Å². The van der Waals surface area contributed by atoms with Crippen LogP contribution in [0.15, 0.2) is 65.6 Å². The van der Waals surface area contributed by atoms with Gasteiger partial charge in [-0.2, -0.15) is 0 Å². The lowest BCUT2D eigenvalue weighted by molar-refractivity contribution is -0.115. The zero-order chi connectivity index (χ0) is 20.6. The summed E-state index contributed by atoms with van der Waals surface area (Å²) in [5.74, 6) is -0.330. The van der Waals surface area contributed by atoms with Gasteiger partial charge in [0.2, 0.25) is 16.9 Å². The molecule has 1 heterocycles. The fourth-order valence-corrected chi connectivity index (χ4v) is 3.81. The molecule has 6 nitrogen and oxygen atoms in total. The number of hydrogen-bond acceptors (Lipinski definition) is 6. The first-order chi connectivity index (χ1) is 14.0. The van der Waals surface area contributed by atoms with E-state index in [0.29, 0.717) is 10.8 Å². The number of amides is 2. The zero-order valence-corrected chi connectivity index (χ0v) is 17.6. The second-order valence-electron chi connectivity index (χ2n) is 6.13. The molecule has 148 valence electrons. The van der Waals surface area contributed by atoms with Gasteiger partial charge in [-0.05, 0) is 49.8 Å². The maximum atomic E-state index is 12.3. The van der Waals surface area contributed by atoms with Crippen LogP contribution in [0.3, 0.4) is 0 Å². The smallest absolute Gasteiger partial charge is 0.248 e. The average molecular weight is 425 g/mol. The Morgan fingerprint density at radius 1 is 1.03 bits per heavy atom. The van der Waals surface area contributed by atoms with Crippen molar-refractivity contribution < 1.29 is 9.59 Å². The predicted molar refractivity (Wildman–Crippen MR) is 119 cm³/mol. The van der Waals surface area contributed by atoms with E-state index in [4.69, 9.17) is 0 Å². The molecule has 2 N–H and O–H groups in total. The van der Waals surface area contributed by atoms with E-state index in [1.54, 1.807) is 6.08 Å². The topological polar surface area (TPSA) is 84.0 Å². The minimum absolute atomic E-state index is 0.130. The standard InChI is InChI=1S/C21H20N4O2S2/c1-14(20(27)23-21-25-24-15(2)29-21)28-18-11-9-17(10-12-18)22-19(26)13-8-16-6-4-3-5-7-16/h3-14H,1-2H3,(H,22,26)(H,23,25,27)/b13-8+. The molecule has 0 aliphatic rings. The quantitative estimate of drug-likeness (QED) is 0.427. The third kappa shape index (κ3) is 6.55. The predicted octanol–water partition coefficient (Wildman–Crippen LogP) is 4.62. The Labute approximate surface area is 177 Å². The Balaban J connectivity index is 1.50. The zero-order valence-electron chi connectivity index (χ0n) is 16.0. The van der Waals surface area contributed by atoms with Gasteiger partial charge in [0.05, 0.1) is 5.25 Å². The summed E-state index contributed by atoms with van der Waals surface area (Å²) in [4.78, 5) is 25.2. The van der Waals surface area contributed by atoms with Crippen LogP contribution in [0.1, 0.15) is 17.5 Å².